The molecule has 1 aromatic heterocycles. The Morgan fingerprint density at radius 2 is 2.24 bits per heavy atom. The fraction of sp³-hybridized carbons (Fsp3) is 0.667. The fourth-order valence-electron chi connectivity index (χ4n) is 2.15. The monoisotopic (exact) mass is 237 g/mol. The SMILES string of the molecule is Cc1cc(CO)nc(N2CCC(O)C(C)C2)n1. The van der Waals surface area contributed by atoms with E-state index < -0.39 is 0 Å². The molecule has 5 nitrogen and oxygen atoms in total. The molecule has 1 aliphatic heterocycles. The second kappa shape index (κ2) is 4.98. The summed E-state index contributed by atoms with van der Waals surface area (Å²) in [5, 5.41) is 18.8. The summed E-state index contributed by atoms with van der Waals surface area (Å²) in [6, 6.07) is 1.78. The second-order valence-corrected chi connectivity index (χ2v) is 4.74. The molecule has 94 valence electrons. The fourth-order valence-corrected chi connectivity index (χ4v) is 2.15. The molecule has 0 bridgehead atoms. The Balaban J connectivity index is 2.19. The lowest BCUT2D eigenvalue weighted by Crippen LogP contribution is -2.42. The van der Waals surface area contributed by atoms with Crippen molar-refractivity contribution in [2.24, 2.45) is 5.92 Å². The van der Waals surface area contributed by atoms with Crippen LogP contribution in [0.3, 0.4) is 0 Å². The summed E-state index contributed by atoms with van der Waals surface area (Å²) in [6.07, 6.45) is 0.515. The lowest BCUT2D eigenvalue weighted by molar-refractivity contribution is 0.0966. The Labute approximate surface area is 101 Å². The molecule has 2 N–H and O–H groups in total. The van der Waals surface area contributed by atoms with Gasteiger partial charge in [0, 0.05) is 18.8 Å². The number of aromatic nitrogens is 2. The maximum Gasteiger partial charge on any atom is 0.225 e. The minimum absolute atomic E-state index is 0.0671. The standard InChI is InChI=1S/C12H19N3O2/c1-8-6-15(4-3-11(8)17)12-13-9(2)5-10(7-16)14-12/h5,8,11,16-17H,3-4,6-7H2,1-2H3. The van der Waals surface area contributed by atoms with Crippen LogP contribution in [0.25, 0.3) is 0 Å². The molecule has 2 unspecified atom stereocenters. The Kier molecular flexibility index (Phi) is 3.59. The zero-order valence-corrected chi connectivity index (χ0v) is 10.3. The van der Waals surface area contributed by atoms with Gasteiger partial charge in [0.25, 0.3) is 0 Å². The van der Waals surface area contributed by atoms with Gasteiger partial charge in [-0.15, -0.1) is 0 Å². The van der Waals surface area contributed by atoms with Gasteiger partial charge in [-0.1, -0.05) is 6.92 Å². The second-order valence-electron chi connectivity index (χ2n) is 4.74. The molecule has 2 heterocycles. The maximum atomic E-state index is 9.69. The van der Waals surface area contributed by atoms with Crippen molar-refractivity contribution in [3.05, 3.63) is 17.5 Å². The van der Waals surface area contributed by atoms with E-state index in [9.17, 15) is 5.11 Å². The van der Waals surface area contributed by atoms with E-state index in [0.717, 1.165) is 25.2 Å². The van der Waals surface area contributed by atoms with E-state index >= 15 is 0 Å². The molecule has 1 saturated heterocycles. The zero-order chi connectivity index (χ0) is 12.4. The summed E-state index contributed by atoms with van der Waals surface area (Å²) in [4.78, 5) is 10.8. The average Bonchev–Trinajstić information content (AvgIpc) is 2.32. The highest BCUT2D eigenvalue weighted by atomic mass is 16.3. The molecule has 2 rings (SSSR count). The van der Waals surface area contributed by atoms with E-state index in [2.05, 4.69) is 14.9 Å². The van der Waals surface area contributed by atoms with Crippen molar-refractivity contribution in [1.82, 2.24) is 9.97 Å². The summed E-state index contributed by atoms with van der Waals surface area (Å²) >= 11 is 0. The third-order valence-electron chi connectivity index (χ3n) is 3.20. The molecule has 2 atom stereocenters. The van der Waals surface area contributed by atoms with E-state index in [1.54, 1.807) is 6.07 Å². The van der Waals surface area contributed by atoms with Crippen LogP contribution >= 0.6 is 0 Å². The number of nitrogens with zero attached hydrogens (tertiary/aromatic N) is 3. The maximum absolute atomic E-state index is 9.69. The molecule has 0 radical (unpaired) electrons. The highest BCUT2D eigenvalue weighted by Crippen LogP contribution is 2.21. The Morgan fingerprint density at radius 1 is 1.47 bits per heavy atom. The van der Waals surface area contributed by atoms with Crippen LogP contribution in [0.5, 0.6) is 0 Å². The average molecular weight is 237 g/mol. The van der Waals surface area contributed by atoms with E-state index in [0.29, 0.717) is 11.6 Å². The highest BCUT2D eigenvalue weighted by molar-refractivity contribution is 5.33. The first-order valence-electron chi connectivity index (χ1n) is 5.98. The largest absolute Gasteiger partial charge is 0.393 e. The zero-order valence-electron chi connectivity index (χ0n) is 10.3. The van der Waals surface area contributed by atoms with E-state index in [-0.39, 0.29) is 18.6 Å². The van der Waals surface area contributed by atoms with E-state index in [1.807, 2.05) is 13.8 Å². The molecule has 1 fully saturated rings. The van der Waals surface area contributed by atoms with Crippen LogP contribution in [0.1, 0.15) is 24.7 Å². The lowest BCUT2D eigenvalue weighted by Gasteiger charge is -2.34. The molecule has 1 aromatic rings. The summed E-state index contributed by atoms with van der Waals surface area (Å²) in [6.45, 7) is 5.38. The topological polar surface area (TPSA) is 69.5 Å². The Bertz CT molecular complexity index is 397. The quantitative estimate of drug-likeness (QED) is 0.783. The van der Waals surface area contributed by atoms with Gasteiger partial charge in [0.2, 0.25) is 5.95 Å². The predicted octanol–water partition coefficient (Wildman–Crippen LogP) is 0.484. The molecular weight excluding hydrogens is 218 g/mol. The van der Waals surface area contributed by atoms with Crippen LogP contribution in [0, 0.1) is 12.8 Å². The first-order chi connectivity index (χ1) is 8.10. The smallest absolute Gasteiger partial charge is 0.225 e. The van der Waals surface area contributed by atoms with Crippen molar-refractivity contribution in [2.75, 3.05) is 18.0 Å². The van der Waals surface area contributed by atoms with Gasteiger partial charge in [-0.25, -0.2) is 9.97 Å². The van der Waals surface area contributed by atoms with Crippen LogP contribution in [0.15, 0.2) is 6.07 Å². The summed E-state index contributed by atoms with van der Waals surface area (Å²) in [5.74, 6) is 0.887. The minimum Gasteiger partial charge on any atom is -0.393 e. The van der Waals surface area contributed by atoms with E-state index in [4.69, 9.17) is 5.11 Å². The normalized spacial score (nSPS) is 25.1. The molecular formula is C12H19N3O2. The number of aliphatic hydroxyl groups is 2. The lowest BCUT2D eigenvalue weighted by atomic mass is 9.97. The highest BCUT2D eigenvalue weighted by Gasteiger charge is 2.25. The van der Waals surface area contributed by atoms with Gasteiger partial charge >= 0.3 is 0 Å². The number of aryl methyl sites for hydroxylation is 1. The molecule has 0 spiro atoms. The van der Waals surface area contributed by atoms with Gasteiger partial charge in [-0.2, -0.15) is 0 Å². The molecule has 0 aromatic carbocycles. The number of rotatable bonds is 2. The molecule has 17 heavy (non-hydrogen) atoms. The van der Waals surface area contributed by atoms with E-state index in [1.165, 1.54) is 0 Å². The molecule has 0 aliphatic carbocycles. The molecule has 0 amide bonds. The van der Waals surface area contributed by atoms with Crippen LogP contribution in [-0.2, 0) is 6.61 Å². The molecule has 1 aliphatic rings. The number of hydrogen-bond acceptors (Lipinski definition) is 5. The predicted molar refractivity (Wildman–Crippen MR) is 64.7 cm³/mol. The number of piperidine rings is 1. The van der Waals surface area contributed by atoms with Crippen molar-refractivity contribution in [3.63, 3.8) is 0 Å². The van der Waals surface area contributed by atoms with Crippen LogP contribution < -0.4 is 4.90 Å². The molecule has 5 heteroatoms. The summed E-state index contributed by atoms with van der Waals surface area (Å²) < 4.78 is 0. The third kappa shape index (κ3) is 2.73. The van der Waals surface area contributed by atoms with Gasteiger partial charge in [0.15, 0.2) is 0 Å². The van der Waals surface area contributed by atoms with Crippen molar-refractivity contribution in [1.29, 1.82) is 0 Å². The first-order valence-corrected chi connectivity index (χ1v) is 5.98. The minimum atomic E-state index is -0.228. The summed E-state index contributed by atoms with van der Waals surface area (Å²) in [5.41, 5.74) is 1.50. The first kappa shape index (κ1) is 12.3. The number of hydrogen-bond donors (Lipinski definition) is 2. The number of aliphatic hydroxyl groups excluding tert-OH is 2. The Hall–Kier alpha value is -1.20. The van der Waals surface area contributed by atoms with Crippen molar-refractivity contribution >= 4 is 5.95 Å². The summed E-state index contributed by atoms with van der Waals surface area (Å²) in [7, 11) is 0. The van der Waals surface area contributed by atoms with Crippen molar-refractivity contribution < 1.29 is 10.2 Å². The number of anilines is 1. The van der Waals surface area contributed by atoms with Crippen molar-refractivity contribution in [2.45, 2.75) is 33.0 Å². The van der Waals surface area contributed by atoms with Gasteiger partial charge in [-0.3, -0.25) is 0 Å². The molecule has 0 saturated carbocycles. The van der Waals surface area contributed by atoms with Gasteiger partial charge in [0.1, 0.15) is 0 Å². The van der Waals surface area contributed by atoms with Gasteiger partial charge < -0.3 is 15.1 Å². The van der Waals surface area contributed by atoms with Gasteiger partial charge in [0.05, 0.1) is 18.4 Å². The third-order valence-corrected chi connectivity index (χ3v) is 3.20. The van der Waals surface area contributed by atoms with Crippen molar-refractivity contribution in [3.8, 4) is 0 Å². The van der Waals surface area contributed by atoms with Crippen LogP contribution in [-0.4, -0.2) is 39.4 Å². The van der Waals surface area contributed by atoms with Crippen LogP contribution in [0.2, 0.25) is 0 Å². The van der Waals surface area contributed by atoms with Crippen LogP contribution in [0.4, 0.5) is 5.95 Å². The Morgan fingerprint density at radius 3 is 2.88 bits per heavy atom. The van der Waals surface area contributed by atoms with Gasteiger partial charge in [-0.05, 0) is 25.3 Å².